The van der Waals surface area contributed by atoms with Crippen molar-refractivity contribution < 1.29 is 4.52 Å². The van der Waals surface area contributed by atoms with E-state index in [1.807, 2.05) is 38.4 Å². The molecule has 0 unspecified atom stereocenters. The predicted molar refractivity (Wildman–Crippen MR) is 65.5 cm³/mol. The molecule has 0 spiro atoms. The van der Waals surface area contributed by atoms with Crippen LogP contribution >= 0.6 is 0 Å². The number of nitrogens with one attached hydrogen (secondary N) is 1. The maximum absolute atomic E-state index is 5.13. The standard InChI is InChI=1S/C13H17N3O/c1-9(12-4-6-14-7-5-12)15-8-13-10(2)16-17-11(13)3/h4-7,9,15H,8H2,1-3H3/t9-/m0/s1. The fourth-order valence-electron chi connectivity index (χ4n) is 1.78. The number of rotatable bonds is 4. The Labute approximate surface area is 101 Å². The highest BCUT2D eigenvalue weighted by molar-refractivity contribution is 5.21. The largest absolute Gasteiger partial charge is 0.361 e. The molecular formula is C13H17N3O. The van der Waals surface area contributed by atoms with Gasteiger partial charge < -0.3 is 9.84 Å². The van der Waals surface area contributed by atoms with E-state index >= 15 is 0 Å². The van der Waals surface area contributed by atoms with Crippen LogP contribution in [0.3, 0.4) is 0 Å². The van der Waals surface area contributed by atoms with Crippen molar-refractivity contribution in [3.63, 3.8) is 0 Å². The van der Waals surface area contributed by atoms with Gasteiger partial charge in [-0.05, 0) is 38.5 Å². The van der Waals surface area contributed by atoms with Gasteiger partial charge in [0, 0.05) is 30.5 Å². The van der Waals surface area contributed by atoms with Gasteiger partial charge >= 0.3 is 0 Å². The monoisotopic (exact) mass is 231 g/mol. The molecule has 1 N–H and O–H groups in total. The molecule has 90 valence electrons. The van der Waals surface area contributed by atoms with Gasteiger partial charge in [-0.3, -0.25) is 4.98 Å². The average Bonchev–Trinajstić information content (AvgIpc) is 2.67. The highest BCUT2D eigenvalue weighted by Gasteiger charge is 2.10. The van der Waals surface area contributed by atoms with Crippen LogP contribution in [0.2, 0.25) is 0 Å². The van der Waals surface area contributed by atoms with Crippen LogP contribution in [-0.2, 0) is 6.54 Å². The molecule has 0 aliphatic rings. The third kappa shape index (κ3) is 2.71. The molecule has 0 saturated heterocycles. The minimum Gasteiger partial charge on any atom is -0.361 e. The van der Waals surface area contributed by atoms with Gasteiger partial charge in [-0.2, -0.15) is 0 Å². The molecule has 2 aromatic heterocycles. The van der Waals surface area contributed by atoms with Crippen molar-refractivity contribution in [1.29, 1.82) is 0 Å². The van der Waals surface area contributed by atoms with Crippen molar-refractivity contribution >= 4 is 0 Å². The maximum Gasteiger partial charge on any atom is 0.138 e. The smallest absolute Gasteiger partial charge is 0.138 e. The van der Waals surface area contributed by atoms with Crippen molar-refractivity contribution in [1.82, 2.24) is 15.5 Å². The molecule has 0 bridgehead atoms. The van der Waals surface area contributed by atoms with Crippen molar-refractivity contribution in [3.05, 3.63) is 47.1 Å². The third-order valence-corrected chi connectivity index (χ3v) is 2.97. The van der Waals surface area contributed by atoms with E-state index in [1.54, 1.807) is 0 Å². The first kappa shape index (κ1) is 11.8. The van der Waals surface area contributed by atoms with Gasteiger partial charge in [-0.15, -0.1) is 0 Å². The summed E-state index contributed by atoms with van der Waals surface area (Å²) in [5.74, 6) is 0.886. The number of pyridine rings is 1. The van der Waals surface area contributed by atoms with Crippen LogP contribution in [0, 0.1) is 13.8 Å². The summed E-state index contributed by atoms with van der Waals surface area (Å²) in [4.78, 5) is 4.01. The Morgan fingerprint density at radius 2 is 2.00 bits per heavy atom. The Hall–Kier alpha value is -1.68. The number of hydrogen-bond acceptors (Lipinski definition) is 4. The van der Waals surface area contributed by atoms with Gasteiger partial charge in [0.2, 0.25) is 0 Å². The van der Waals surface area contributed by atoms with Crippen LogP contribution in [0.1, 0.15) is 35.5 Å². The first-order valence-electron chi connectivity index (χ1n) is 5.73. The van der Waals surface area contributed by atoms with E-state index in [0.29, 0.717) is 0 Å². The molecule has 0 aromatic carbocycles. The molecule has 2 rings (SSSR count). The summed E-state index contributed by atoms with van der Waals surface area (Å²) in [6.45, 7) is 6.80. The third-order valence-electron chi connectivity index (χ3n) is 2.97. The first-order chi connectivity index (χ1) is 8.18. The zero-order valence-electron chi connectivity index (χ0n) is 10.4. The van der Waals surface area contributed by atoms with Gasteiger partial charge in [0.25, 0.3) is 0 Å². The lowest BCUT2D eigenvalue weighted by atomic mass is 10.1. The lowest BCUT2D eigenvalue weighted by Crippen LogP contribution is -2.18. The van der Waals surface area contributed by atoms with E-state index in [9.17, 15) is 0 Å². The van der Waals surface area contributed by atoms with Crippen molar-refractivity contribution in [2.24, 2.45) is 0 Å². The second-order valence-corrected chi connectivity index (χ2v) is 4.19. The molecule has 4 nitrogen and oxygen atoms in total. The average molecular weight is 231 g/mol. The second kappa shape index (κ2) is 5.10. The molecule has 0 aliphatic heterocycles. The van der Waals surface area contributed by atoms with E-state index in [0.717, 1.165) is 23.6 Å². The van der Waals surface area contributed by atoms with Crippen LogP contribution in [0.15, 0.2) is 29.0 Å². The molecule has 0 amide bonds. The van der Waals surface area contributed by atoms with Crippen LogP contribution in [0.4, 0.5) is 0 Å². The highest BCUT2D eigenvalue weighted by atomic mass is 16.5. The molecule has 2 heterocycles. The highest BCUT2D eigenvalue weighted by Crippen LogP contribution is 2.15. The Balaban J connectivity index is 1.99. The molecule has 0 fully saturated rings. The summed E-state index contributed by atoms with van der Waals surface area (Å²) in [5.41, 5.74) is 3.33. The maximum atomic E-state index is 5.13. The normalized spacial score (nSPS) is 12.6. The molecule has 0 radical (unpaired) electrons. The van der Waals surface area contributed by atoms with E-state index in [1.165, 1.54) is 5.56 Å². The van der Waals surface area contributed by atoms with E-state index in [4.69, 9.17) is 4.52 Å². The fraction of sp³-hybridized carbons (Fsp3) is 0.385. The summed E-state index contributed by atoms with van der Waals surface area (Å²) >= 11 is 0. The predicted octanol–water partition coefficient (Wildman–Crippen LogP) is 2.54. The molecule has 0 saturated carbocycles. The Kier molecular flexibility index (Phi) is 3.54. The van der Waals surface area contributed by atoms with Crippen LogP contribution in [-0.4, -0.2) is 10.1 Å². The second-order valence-electron chi connectivity index (χ2n) is 4.19. The molecule has 4 heteroatoms. The number of aryl methyl sites for hydroxylation is 2. The quantitative estimate of drug-likeness (QED) is 0.878. The van der Waals surface area contributed by atoms with Crippen molar-refractivity contribution in [2.75, 3.05) is 0 Å². The lowest BCUT2D eigenvalue weighted by molar-refractivity contribution is 0.391. The number of hydrogen-bond donors (Lipinski definition) is 1. The Morgan fingerprint density at radius 3 is 2.59 bits per heavy atom. The number of aromatic nitrogens is 2. The Morgan fingerprint density at radius 1 is 1.29 bits per heavy atom. The van der Waals surface area contributed by atoms with Crippen LogP contribution < -0.4 is 5.32 Å². The van der Waals surface area contributed by atoms with Crippen molar-refractivity contribution in [3.8, 4) is 0 Å². The summed E-state index contributed by atoms with van der Waals surface area (Å²) in [6, 6.07) is 4.32. The Bertz CT molecular complexity index is 459. The fourth-order valence-corrected chi connectivity index (χ4v) is 1.78. The molecule has 2 aromatic rings. The SMILES string of the molecule is Cc1noc(C)c1CN[C@@H](C)c1ccncc1. The lowest BCUT2D eigenvalue weighted by Gasteiger charge is -2.13. The molecular weight excluding hydrogens is 214 g/mol. The summed E-state index contributed by atoms with van der Waals surface area (Å²) in [5, 5.41) is 7.40. The summed E-state index contributed by atoms with van der Waals surface area (Å²) in [6.07, 6.45) is 3.62. The van der Waals surface area contributed by atoms with Gasteiger partial charge in [0.1, 0.15) is 5.76 Å². The van der Waals surface area contributed by atoms with E-state index < -0.39 is 0 Å². The van der Waals surface area contributed by atoms with Gasteiger partial charge in [-0.25, -0.2) is 0 Å². The van der Waals surface area contributed by atoms with Gasteiger partial charge in [-0.1, -0.05) is 5.16 Å². The summed E-state index contributed by atoms with van der Waals surface area (Å²) in [7, 11) is 0. The zero-order chi connectivity index (χ0) is 12.3. The van der Waals surface area contributed by atoms with Gasteiger partial charge in [0.05, 0.1) is 5.69 Å². The summed E-state index contributed by atoms with van der Waals surface area (Å²) < 4.78 is 5.13. The zero-order valence-corrected chi connectivity index (χ0v) is 10.4. The van der Waals surface area contributed by atoms with Crippen molar-refractivity contribution in [2.45, 2.75) is 33.4 Å². The van der Waals surface area contributed by atoms with Gasteiger partial charge in [0.15, 0.2) is 0 Å². The minimum atomic E-state index is 0.284. The molecule has 0 aliphatic carbocycles. The number of nitrogens with zero attached hydrogens (tertiary/aromatic N) is 2. The molecule has 17 heavy (non-hydrogen) atoms. The van der Waals surface area contributed by atoms with E-state index in [2.05, 4.69) is 22.4 Å². The van der Waals surface area contributed by atoms with Crippen LogP contribution in [0.5, 0.6) is 0 Å². The topological polar surface area (TPSA) is 51.0 Å². The minimum absolute atomic E-state index is 0.284. The first-order valence-corrected chi connectivity index (χ1v) is 5.73. The molecule has 1 atom stereocenters. The van der Waals surface area contributed by atoms with Crippen LogP contribution in [0.25, 0.3) is 0 Å². The van der Waals surface area contributed by atoms with E-state index in [-0.39, 0.29) is 6.04 Å².